The number of hydrogen-bond donors (Lipinski definition) is 1. The lowest BCUT2D eigenvalue weighted by Crippen LogP contribution is -2.19. The Hall–Kier alpha value is -0.700. The topological polar surface area (TPSA) is 50.7 Å². The highest BCUT2D eigenvalue weighted by Gasteiger charge is 2.10. The molecule has 1 atom stereocenters. The molecule has 44 valence electrons. The molecule has 0 aromatic rings. The fourth-order valence-electron chi connectivity index (χ4n) is 0.543. The summed E-state index contributed by atoms with van der Waals surface area (Å²) >= 11 is 0. The van der Waals surface area contributed by atoms with Gasteiger partial charge in [-0.25, -0.2) is 4.79 Å². The van der Waals surface area contributed by atoms with Crippen LogP contribution in [0, 0.1) is 0 Å². The predicted molar refractivity (Wildman–Crippen MR) is 25.9 cm³/mol. The van der Waals surface area contributed by atoms with Crippen LogP contribution < -0.4 is 5.32 Å². The standard InChI is InChI=1S/C4H6N2O2/c7-3-6-4-5-1-2-8-4/h4-5H,1-2H2. The van der Waals surface area contributed by atoms with Gasteiger partial charge in [-0.2, -0.15) is 4.99 Å². The first-order valence-electron chi connectivity index (χ1n) is 2.35. The first-order chi connectivity index (χ1) is 3.93. The van der Waals surface area contributed by atoms with Crippen LogP contribution in [0.4, 0.5) is 0 Å². The Balaban J connectivity index is 2.35. The summed E-state index contributed by atoms with van der Waals surface area (Å²) in [6, 6.07) is 0. The zero-order valence-electron chi connectivity index (χ0n) is 4.26. The monoisotopic (exact) mass is 114 g/mol. The number of nitrogens with one attached hydrogen (secondary N) is 1. The Labute approximate surface area is 46.5 Å². The Morgan fingerprint density at radius 3 is 3.25 bits per heavy atom. The summed E-state index contributed by atoms with van der Waals surface area (Å²) in [5.74, 6) is 0. The zero-order valence-corrected chi connectivity index (χ0v) is 4.26. The highest BCUT2D eigenvalue weighted by molar-refractivity contribution is 5.33. The molecule has 0 saturated carbocycles. The average Bonchev–Trinajstić information content (AvgIpc) is 2.19. The molecule has 0 aromatic carbocycles. The normalized spacial score (nSPS) is 27.2. The van der Waals surface area contributed by atoms with E-state index in [2.05, 4.69) is 10.3 Å². The van der Waals surface area contributed by atoms with Gasteiger partial charge in [-0.1, -0.05) is 0 Å². The van der Waals surface area contributed by atoms with Crippen LogP contribution in [0.1, 0.15) is 0 Å². The van der Waals surface area contributed by atoms with Crippen molar-refractivity contribution in [2.45, 2.75) is 6.35 Å². The average molecular weight is 114 g/mol. The van der Waals surface area contributed by atoms with Gasteiger partial charge in [-0.15, -0.1) is 0 Å². The Morgan fingerprint density at radius 1 is 1.88 bits per heavy atom. The second-order valence-corrected chi connectivity index (χ2v) is 1.40. The lowest BCUT2D eigenvalue weighted by atomic mass is 10.7. The van der Waals surface area contributed by atoms with Gasteiger partial charge in [0.2, 0.25) is 12.4 Å². The van der Waals surface area contributed by atoms with Gasteiger partial charge in [-0.05, 0) is 0 Å². The first-order valence-corrected chi connectivity index (χ1v) is 2.35. The van der Waals surface area contributed by atoms with Gasteiger partial charge in [0.1, 0.15) is 0 Å². The van der Waals surface area contributed by atoms with E-state index in [9.17, 15) is 4.79 Å². The van der Waals surface area contributed by atoms with E-state index in [1.807, 2.05) is 0 Å². The van der Waals surface area contributed by atoms with Crippen molar-refractivity contribution in [3.63, 3.8) is 0 Å². The highest BCUT2D eigenvalue weighted by Crippen LogP contribution is 1.93. The van der Waals surface area contributed by atoms with Crippen LogP contribution in [0.25, 0.3) is 0 Å². The molecule has 8 heavy (non-hydrogen) atoms. The third-order valence-corrected chi connectivity index (χ3v) is 0.867. The predicted octanol–water partition coefficient (Wildman–Crippen LogP) is -0.774. The minimum absolute atomic E-state index is 0.438. The van der Waals surface area contributed by atoms with Gasteiger partial charge in [0.15, 0.2) is 0 Å². The van der Waals surface area contributed by atoms with Crippen molar-refractivity contribution < 1.29 is 9.53 Å². The maximum atomic E-state index is 9.55. The third-order valence-electron chi connectivity index (χ3n) is 0.867. The summed E-state index contributed by atoms with van der Waals surface area (Å²) in [5.41, 5.74) is 0. The molecule has 1 heterocycles. The quantitative estimate of drug-likeness (QED) is 0.359. The molecule has 0 aromatic heterocycles. The van der Waals surface area contributed by atoms with Crippen LogP contribution >= 0.6 is 0 Å². The summed E-state index contributed by atoms with van der Waals surface area (Å²) in [7, 11) is 0. The number of nitrogens with zero attached hydrogens (tertiary/aromatic N) is 1. The van der Waals surface area contributed by atoms with Gasteiger partial charge < -0.3 is 4.74 Å². The molecule has 4 nitrogen and oxygen atoms in total. The molecule has 0 aliphatic carbocycles. The van der Waals surface area contributed by atoms with Crippen LogP contribution in [0.15, 0.2) is 4.99 Å². The van der Waals surface area contributed by atoms with Gasteiger partial charge in [-0.3, -0.25) is 5.32 Å². The molecule has 1 saturated heterocycles. The van der Waals surface area contributed by atoms with Crippen molar-refractivity contribution in [1.29, 1.82) is 0 Å². The van der Waals surface area contributed by atoms with E-state index in [4.69, 9.17) is 4.74 Å². The number of isocyanates is 1. The van der Waals surface area contributed by atoms with Crippen molar-refractivity contribution in [2.24, 2.45) is 4.99 Å². The molecule has 0 spiro atoms. The molecule has 0 amide bonds. The lowest BCUT2D eigenvalue weighted by Gasteiger charge is -1.95. The molecule has 1 aliphatic rings. The van der Waals surface area contributed by atoms with Crippen LogP contribution in [0.2, 0.25) is 0 Å². The molecule has 1 unspecified atom stereocenters. The van der Waals surface area contributed by atoms with Gasteiger partial charge in [0.05, 0.1) is 6.61 Å². The number of ether oxygens (including phenoxy) is 1. The van der Waals surface area contributed by atoms with Crippen LogP contribution in [0.3, 0.4) is 0 Å². The summed E-state index contributed by atoms with van der Waals surface area (Å²) < 4.78 is 4.85. The Bertz CT molecular complexity index is 113. The van der Waals surface area contributed by atoms with Crippen molar-refractivity contribution in [3.05, 3.63) is 0 Å². The van der Waals surface area contributed by atoms with Gasteiger partial charge >= 0.3 is 0 Å². The fourth-order valence-corrected chi connectivity index (χ4v) is 0.543. The molecule has 1 rings (SSSR count). The largest absolute Gasteiger partial charge is 0.342 e. The van der Waals surface area contributed by atoms with E-state index in [1.165, 1.54) is 6.08 Å². The third kappa shape index (κ3) is 1.13. The number of rotatable bonds is 1. The minimum atomic E-state index is -0.438. The van der Waals surface area contributed by atoms with Crippen molar-refractivity contribution in [2.75, 3.05) is 13.2 Å². The maximum absolute atomic E-state index is 9.55. The molecule has 4 heteroatoms. The summed E-state index contributed by atoms with van der Waals surface area (Å²) in [6.07, 6.45) is 0.960. The molecule has 1 N–H and O–H groups in total. The lowest BCUT2D eigenvalue weighted by molar-refractivity contribution is 0.109. The summed E-state index contributed by atoms with van der Waals surface area (Å²) in [5, 5.41) is 2.81. The van der Waals surface area contributed by atoms with Crippen molar-refractivity contribution in [3.8, 4) is 0 Å². The Morgan fingerprint density at radius 2 is 2.75 bits per heavy atom. The van der Waals surface area contributed by atoms with E-state index in [0.29, 0.717) is 6.61 Å². The zero-order chi connectivity index (χ0) is 5.82. The molecule has 0 bridgehead atoms. The van der Waals surface area contributed by atoms with Crippen molar-refractivity contribution >= 4 is 6.08 Å². The highest BCUT2D eigenvalue weighted by atomic mass is 16.5. The van der Waals surface area contributed by atoms with E-state index in [0.717, 1.165) is 6.54 Å². The Kier molecular flexibility index (Phi) is 1.75. The van der Waals surface area contributed by atoms with Gasteiger partial charge in [0, 0.05) is 6.54 Å². The molecular weight excluding hydrogens is 108 g/mol. The van der Waals surface area contributed by atoms with Crippen LogP contribution in [-0.2, 0) is 9.53 Å². The summed E-state index contributed by atoms with van der Waals surface area (Å²) in [4.78, 5) is 12.8. The van der Waals surface area contributed by atoms with E-state index in [1.54, 1.807) is 0 Å². The fraction of sp³-hybridized carbons (Fsp3) is 0.750. The number of carbonyl (C=O) groups excluding carboxylic acids is 1. The molecule has 1 aliphatic heterocycles. The van der Waals surface area contributed by atoms with E-state index in [-0.39, 0.29) is 0 Å². The SMILES string of the molecule is O=C=NC1NCCO1. The second kappa shape index (κ2) is 2.57. The van der Waals surface area contributed by atoms with Crippen LogP contribution in [0.5, 0.6) is 0 Å². The molecular formula is C4H6N2O2. The smallest absolute Gasteiger partial charge is 0.238 e. The molecule has 0 radical (unpaired) electrons. The minimum Gasteiger partial charge on any atom is -0.342 e. The number of hydrogen-bond acceptors (Lipinski definition) is 4. The van der Waals surface area contributed by atoms with Crippen molar-refractivity contribution in [1.82, 2.24) is 5.32 Å². The molecule has 1 fully saturated rings. The van der Waals surface area contributed by atoms with Crippen LogP contribution in [-0.4, -0.2) is 25.6 Å². The maximum Gasteiger partial charge on any atom is 0.238 e. The van der Waals surface area contributed by atoms with E-state index < -0.39 is 6.35 Å². The second-order valence-electron chi connectivity index (χ2n) is 1.40. The van der Waals surface area contributed by atoms with E-state index >= 15 is 0 Å². The summed E-state index contributed by atoms with van der Waals surface area (Å²) in [6.45, 7) is 1.38. The number of aliphatic imine (C=N–C) groups is 1. The van der Waals surface area contributed by atoms with Gasteiger partial charge in [0.25, 0.3) is 0 Å². The first kappa shape index (κ1) is 5.44.